The van der Waals surface area contributed by atoms with Gasteiger partial charge in [-0.2, -0.15) is 0 Å². The molecule has 3 aromatic heterocycles. The monoisotopic (exact) mass is 433 g/mol. The maximum Gasteiger partial charge on any atom is 0.260 e. The third kappa shape index (κ3) is 4.13. The van der Waals surface area contributed by atoms with Crippen LogP contribution in [0.5, 0.6) is 0 Å². The number of anilines is 1. The van der Waals surface area contributed by atoms with E-state index in [0.29, 0.717) is 35.8 Å². The number of rotatable bonds is 5. The first-order valence-corrected chi connectivity index (χ1v) is 10.6. The minimum atomic E-state index is -0.261. The van der Waals surface area contributed by atoms with Gasteiger partial charge in [-0.05, 0) is 23.8 Å². The van der Waals surface area contributed by atoms with Gasteiger partial charge < -0.3 is 13.9 Å². The van der Waals surface area contributed by atoms with Gasteiger partial charge in [0.15, 0.2) is 5.13 Å². The molecular weight excluding hydrogens is 414 g/mol. The Morgan fingerprint density at radius 2 is 2.03 bits per heavy atom. The second-order valence-electron chi connectivity index (χ2n) is 7.26. The number of nitrogens with zero attached hydrogens (tertiary/aromatic N) is 4. The van der Waals surface area contributed by atoms with E-state index in [1.165, 1.54) is 23.9 Å². The molecule has 4 heterocycles. The molecule has 0 saturated heterocycles. The SMILES string of the molecule is O=C(Nc1nc2c(s1)CN(C(=O)c1ccc(Cn3ccnc3)cc1)CC2)c1ccoc1. The molecule has 1 aliphatic heterocycles. The Kier molecular flexibility index (Phi) is 5.09. The molecule has 0 aliphatic carbocycles. The Balaban J connectivity index is 1.24. The average molecular weight is 433 g/mol. The summed E-state index contributed by atoms with van der Waals surface area (Å²) in [5.74, 6) is -0.263. The zero-order chi connectivity index (χ0) is 21.2. The van der Waals surface area contributed by atoms with Gasteiger partial charge >= 0.3 is 0 Å². The van der Waals surface area contributed by atoms with Crippen LogP contribution in [0, 0.1) is 0 Å². The van der Waals surface area contributed by atoms with Crippen LogP contribution in [-0.4, -0.2) is 37.8 Å². The van der Waals surface area contributed by atoms with E-state index in [1.54, 1.807) is 18.6 Å². The first-order chi connectivity index (χ1) is 15.2. The minimum Gasteiger partial charge on any atom is -0.472 e. The Bertz CT molecular complexity index is 1200. The molecule has 0 bridgehead atoms. The maximum absolute atomic E-state index is 13.0. The highest BCUT2D eigenvalue weighted by Gasteiger charge is 2.25. The van der Waals surface area contributed by atoms with Crippen LogP contribution in [0.3, 0.4) is 0 Å². The fourth-order valence-corrected chi connectivity index (χ4v) is 4.53. The highest BCUT2D eigenvalue weighted by Crippen LogP contribution is 2.29. The average Bonchev–Trinajstić information content (AvgIpc) is 3.55. The number of aromatic nitrogens is 3. The van der Waals surface area contributed by atoms with Crippen molar-refractivity contribution in [2.75, 3.05) is 11.9 Å². The maximum atomic E-state index is 13.0. The molecule has 0 spiro atoms. The van der Waals surface area contributed by atoms with Gasteiger partial charge in [0.05, 0.1) is 30.4 Å². The summed E-state index contributed by atoms with van der Waals surface area (Å²) in [4.78, 5) is 36.6. The van der Waals surface area contributed by atoms with Crippen LogP contribution >= 0.6 is 11.3 Å². The van der Waals surface area contributed by atoms with Gasteiger partial charge in [0.1, 0.15) is 6.26 Å². The Labute approximate surface area is 182 Å². The minimum absolute atomic E-state index is 0.00258. The molecule has 8 nitrogen and oxygen atoms in total. The zero-order valence-electron chi connectivity index (χ0n) is 16.5. The molecule has 0 unspecified atom stereocenters. The van der Waals surface area contributed by atoms with Crippen molar-refractivity contribution in [3.63, 3.8) is 0 Å². The van der Waals surface area contributed by atoms with Gasteiger partial charge in [-0.25, -0.2) is 9.97 Å². The van der Waals surface area contributed by atoms with Gasteiger partial charge in [-0.1, -0.05) is 23.5 Å². The lowest BCUT2D eigenvalue weighted by atomic mass is 10.1. The van der Waals surface area contributed by atoms with Crippen molar-refractivity contribution in [2.45, 2.75) is 19.5 Å². The number of imidazole rings is 1. The summed E-state index contributed by atoms with van der Waals surface area (Å²) in [6.07, 6.45) is 8.93. The summed E-state index contributed by atoms with van der Waals surface area (Å²) in [7, 11) is 0. The second-order valence-corrected chi connectivity index (χ2v) is 8.35. The zero-order valence-corrected chi connectivity index (χ0v) is 17.3. The van der Waals surface area contributed by atoms with Crippen LogP contribution in [-0.2, 0) is 19.5 Å². The van der Waals surface area contributed by atoms with Crippen LogP contribution in [0.2, 0.25) is 0 Å². The molecule has 1 aliphatic rings. The summed E-state index contributed by atoms with van der Waals surface area (Å²) in [6.45, 7) is 1.81. The molecule has 0 atom stereocenters. The number of hydrogen-bond donors (Lipinski definition) is 1. The van der Waals surface area contributed by atoms with Crippen LogP contribution < -0.4 is 5.32 Å². The molecular formula is C22H19N5O3S. The lowest BCUT2D eigenvalue weighted by molar-refractivity contribution is 0.0736. The van der Waals surface area contributed by atoms with Crippen molar-refractivity contribution in [3.05, 3.63) is 88.8 Å². The molecule has 4 aromatic rings. The third-order valence-electron chi connectivity index (χ3n) is 5.15. The Morgan fingerprint density at radius 1 is 1.16 bits per heavy atom. The van der Waals surface area contributed by atoms with Crippen molar-refractivity contribution in [1.82, 2.24) is 19.4 Å². The first-order valence-electron chi connectivity index (χ1n) is 9.82. The number of carbonyl (C=O) groups is 2. The fraction of sp³-hybridized carbons (Fsp3) is 0.182. The van der Waals surface area contributed by atoms with Gasteiger partial charge in [0.25, 0.3) is 11.8 Å². The van der Waals surface area contributed by atoms with E-state index >= 15 is 0 Å². The summed E-state index contributed by atoms with van der Waals surface area (Å²) in [5, 5.41) is 3.34. The quantitative estimate of drug-likeness (QED) is 0.520. The first kappa shape index (κ1) is 19.3. The van der Waals surface area contributed by atoms with Crippen LogP contribution in [0.4, 0.5) is 5.13 Å². The van der Waals surface area contributed by atoms with E-state index in [-0.39, 0.29) is 11.8 Å². The summed E-state index contributed by atoms with van der Waals surface area (Å²) >= 11 is 1.41. The van der Waals surface area contributed by atoms with E-state index in [2.05, 4.69) is 15.3 Å². The molecule has 0 fully saturated rings. The van der Waals surface area contributed by atoms with Crippen molar-refractivity contribution < 1.29 is 14.0 Å². The van der Waals surface area contributed by atoms with Crippen molar-refractivity contribution >= 4 is 28.3 Å². The molecule has 2 amide bonds. The van der Waals surface area contributed by atoms with E-state index in [1.807, 2.05) is 39.9 Å². The summed E-state index contributed by atoms with van der Waals surface area (Å²) < 4.78 is 6.93. The largest absolute Gasteiger partial charge is 0.472 e. The number of amides is 2. The van der Waals surface area contributed by atoms with Gasteiger partial charge in [0, 0.05) is 42.3 Å². The van der Waals surface area contributed by atoms with Crippen molar-refractivity contribution in [2.24, 2.45) is 0 Å². The number of benzene rings is 1. The van der Waals surface area contributed by atoms with Gasteiger partial charge in [-0.3, -0.25) is 14.9 Å². The van der Waals surface area contributed by atoms with Crippen LogP contribution in [0.1, 0.15) is 36.9 Å². The number of carbonyl (C=O) groups excluding carboxylic acids is 2. The molecule has 5 rings (SSSR count). The number of fused-ring (bicyclic) bond motifs is 1. The van der Waals surface area contributed by atoms with E-state index in [9.17, 15) is 9.59 Å². The number of furan rings is 1. The molecule has 156 valence electrons. The normalized spacial score (nSPS) is 13.1. The number of nitrogens with one attached hydrogen (secondary N) is 1. The molecule has 31 heavy (non-hydrogen) atoms. The standard InChI is InChI=1S/C22H19N5O3S/c28-20(17-6-10-30-13-17)25-22-24-18-5-8-27(12-19(18)31-22)21(29)16-3-1-15(2-4-16)11-26-9-7-23-14-26/h1-4,6-7,9-10,13-14H,5,8,11-12H2,(H,24,25,28). The number of thiazole rings is 1. The van der Waals surface area contributed by atoms with Crippen molar-refractivity contribution in [1.29, 1.82) is 0 Å². The summed E-state index contributed by atoms with van der Waals surface area (Å²) in [5.41, 5.74) is 3.15. The fourth-order valence-electron chi connectivity index (χ4n) is 3.51. The van der Waals surface area contributed by atoms with E-state index < -0.39 is 0 Å². The van der Waals surface area contributed by atoms with E-state index in [4.69, 9.17) is 4.42 Å². The second kappa shape index (κ2) is 8.19. The molecule has 1 N–H and O–H groups in total. The third-order valence-corrected chi connectivity index (χ3v) is 6.15. The molecule has 9 heteroatoms. The lowest BCUT2D eigenvalue weighted by Crippen LogP contribution is -2.35. The topological polar surface area (TPSA) is 93.3 Å². The highest BCUT2D eigenvalue weighted by molar-refractivity contribution is 7.15. The van der Waals surface area contributed by atoms with Gasteiger partial charge in [0.2, 0.25) is 0 Å². The molecule has 1 aromatic carbocycles. The van der Waals surface area contributed by atoms with Crippen LogP contribution in [0.25, 0.3) is 0 Å². The summed E-state index contributed by atoms with van der Waals surface area (Å²) in [6, 6.07) is 9.28. The van der Waals surface area contributed by atoms with Crippen molar-refractivity contribution in [3.8, 4) is 0 Å². The Morgan fingerprint density at radius 3 is 2.77 bits per heavy atom. The Hall–Kier alpha value is -3.72. The van der Waals surface area contributed by atoms with Gasteiger partial charge in [-0.15, -0.1) is 0 Å². The van der Waals surface area contributed by atoms with E-state index in [0.717, 1.165) is 22.7 Å². The smallest absolute Gasteiger partial charge is 0.260 e. The number of hydrogen-bond acceptors (Lipinski definition) is 6. The highest BCUT2D eigenvalue weighted by atomic mass is 32.1. The predicted octanol–water partition coefficient (Wildman–Crippen LogP) is 3.43. The lowest BCUT2D eigenvalue weighted by Gasteiger charge is -2.26. The predicted molar refractivity (Wildman–Crippen MR) is 115 cm³/mol. The van der Waals surface area contributed by atoms with Crippen LogP contribution in [0.15, 0.2) is 66.0 Å². The molecule has 0 radical (unpaired) electrons. The molecule has 0 saturated carbocycles.